The van der Waals surface area contributed by atoms with Crippen LogP contribution in [0.2, 0.25) is 0 Å². The van der Waals surface area contributed by atoms with Gasteiger partial charge in [0.2, 0.25) is 5.91 Å². The van der Waals surface area contributed by atoms with E-state index in [1.54, 1.807) is 24.3 Å². The van der Waals surface area contributed by atoms with Gasteiger partial charge in [-0.15, -0.1) is 0 Å². The molecule has 0 aliphatic heterocycles. The first-order valence-corrected chi connectivity index (χ1v) is 8.74. The maximum atomic E-state index is 12.4. The fourth-order valence-electron chi connectivity index (χ4n) is 5.55. The van der Waals surface area contributed by atoms with Crippen molar-refractivity contribution in [1.29, 1.82) is 0 Å². The highest BCUT2D eigenvalue weighted by Gasteiger charge is 2.53. The molecule has 3 aliphatic carbocycles. The first-order valence-electron chi connectivity index (χ1n) is 8.74. The van der Waals surface area contributed by atoms with Crippen LogP contribution in [0.3, 0.4) is 0 Å². The Kier molecular flexibility index (Phi) is 3.63. The number of carboxylic acids is 1. The van der Waals surface area contributed by atoms with Crippen molar-refractivity contribution in [2.45, 2.75) is 44.6 Å². The smallest absolute Gasteiger partial charge is 0.335 e. The number of fused-ring (bicyclic) bond motifs is 5. The molecule has 4 rings (SSSR count). The highest BCUT2D eigenvalue weighted by Crippen LogP contribution is 2.58. The highest BCUT2D eigenvalue weighted by molar-refractivity contribution is 5.91. The van der Waals surface area contributed by atoms with Gasteiger partial charge in [0.1, 0.15) is 0 Å². The summed E-state index contributed by atoms with van der Waals surface area (Å²) < 4.78 is 0. The summed E-state index contributed by atoms with van der Waals surface area (Å²) in [6.45, 7) is 0. The molecule has 2 N–H and O–H groups in total. The molecule has 2 bridgehead atoms. The molecular formula is C19H23NO3. The van der Waals surface area contributed by atoms with Crippen molar-refractivity contribution in [3.05, 3.63) is 35.4 Å². The van der Waals surface area contributed by atoms with E-state index >= 15 is 0 Å². The predicted octanol–water partition coefficient (Wildman–Crippen LogP) is 2.87. The Morgan fingerprint density at radius 3 is 2.70 bits per heavy atom. The molecule has 4 nitrogen and oxygen atoms in total. The van der Waals surface area contributed by atoms with E-state index < -0.39 is 5.97 Å². The van der Waals surface area contributed by atoms with E-state index in [0.717, 1.165) is 24.2 Å². The summed E-state index contributed by atoms with van der Waals surface area (Å²) in [5.74, 6) is 2.20. The van der Waals surface area contributed by atoms with E-state index in [1.165, 1.54) is 25.7 Å². The van der Waals surface area contributed by atoms with Crippen LogP contribution in [0, 0.1) is 23.7 Å². The lowest BCUT2D eigenvalue weighted by Crippen LogP contribution is -2.43. The number of carboxylic acid groups (broad SMARTS) is 1. The quantitative estimate of drug-likeness (QED) is 0.898. The van der Waals surface area contributed by atoms with Gasteiger partial charge in [-0.1, -0.05) is 24.6 Å². The minimum absolute atomic E-state index is 0.0363. The molecule has 0 spiro atoms. The van der Waals surface area contributed by atoms with E-state index in [0.29, 0.717) is 17.5 Å². The number of amides is 1. The third-order valence-corrected chi connectivity index (χ3v) is 6.37. The maximum Gasteiger partial charge on any atom is 0.335 e. The minimum Gasteiger partial charge on any atom is -0.478 e. The number of hydrogen-bond acceptors (Lipinski definition) is 2. The Bertz CT molecular complexity index is 641. The van der Waals surface area contributed by atoms with Gasteiger partial charge in [0.05, 0.1) is 12.0 Å². The van der Waals surface area contributed by atoms with Crippen molar-refractivity contribution in [2.75, 3.05) is 0 Å². The molecule has 0 aromatic heterocycles. The van der Waals surface area contributed by atoms with E-state index in [-0.39, 0.29) is 17.9 Å². The van der Waals surface area contributed by atoms with Gasteiger partial charge in [-0.2, -0.15) is 0 Å². The molecular weight excluding hydrogens is 290 g/mol. The first kappa shape index (κ1) is 14.7. The standard InChI is InChI=1S/C19H23NO3/c21-18(10-11-4-1-2-5-14(11)19(22)23)20-17-9-12-8-16(17)15-7-3-6-13(12)15/h1-2,4-5,12-13,15-17H,3,6-10H2,(H,20,21)(H,22,23). The number of nitrogens with one attached hydrogen (secondary N) is 1. The van der Waals surface area contributed by atoms with Gasteiger partial charge >= 0.3 is 5.97 Å². The second-order valence-electron chi connectivity index (χ2n) is 7.47. The van der Waals surface area contributed by atoms with Gasteiger partial charge in [-0.3, -0.25) is 4.79 Å². The summed E-state index contributed by atoms with van der Waals surface area (Å²) in [6.07, 6.45) is 6.64. The lowest BCUT2D eigenvalue weighted by Gasteiger charge is -2.32. The average Bonchev–Trinajstić information content (AvgIpc) is 3.19. The summed E-state index contributed by atoms with van der Waals surface area (Å²) in [5.41, 5.74) is 0.825. The number of aromatic carboxylic acids is 1. The average molecular weight is 313 g/mol. The molecule has 122 valence electrons. The molecule has 3 saturated carbocycles. The monoisotopic (exact) mass is 313 g/mol. The molecule has 1 aromatic carbocycles. The minimum atomic E-state index is -0.970. The fraction of sp³-hybridized carbons (Fsp3) is 0.579. The summed E-state index contributed by atoms with van der Waals surface area (Å²) in [5, 5.41) is 12.4. The molecule has 4 heteroatoms. The largest absolute Gasteiger partial charge is 0.478 e. The molecule has 0 heterocycles. The van der Waals surface area contributed by atoms with E-state index in [1.807, 2.05) is 0 Å². The second-order valence-corrected chi connectivity index (χ2v) is 7.47. The van der Waals surface area contributed by atoms with Crippen LogP contribution >= 0.6 is 0 Å². The molecule has 1 amide bonds. The predicted molar refractivity (Wildman–Crippen MR) is 86.1 cm³/mol. The molecule has 23 heavy (non-hydrogen) atoms. The number of hydrogen-bond donors (Lipinski definition) is 2. The SMILES string of the molecule is O=C(Cc1ccccc1C(=O)O)NC1CC2CC1C1CCCC21. The number of carbonyl (C=O) groups excluding carboxylic acids is 1. The number of carbonyl (C=O) groups is 2. The summed E-state index contributed by atoms with van der Waals surface area (Å²) in [6, 6.07) is 7.09. The molecule has 0 radical (unpaired) electrons. The Morgan fingerprint density at radius 1 is 1.09 bits per heavy atom. The van der Waals surface area contributed by atoms with Crippen molar-refractivity contribution >= 4 is 11.9 Å². The van der Waals surface area contributed by atoms with Crippen LogP contribution in [0.15, 0.2) is 24.3 Å². The zero-order chi connectivity index (χ0) is 16.0. The lowest BCUT2D eigenvalue weighted by molar-refractivity contribution is -0.121. The summed E-state index contributed by atoms with van der Waals surface area (Å²) in [4.78, 5) is 23.7. The molecule has 5 unspecified atom stereocenters. The zero-order valence-corrected chi connectivity index (χ0v) is 13.2. The van der Waals surface area contributed by atoms with Crippen LogP contribution in [0.4, 0.5) is 0 Å². The van der Waals surface area contributed by atoms with Crippen molar-refractivity contribution < 1.29 is 14.7 Å². The Labute approximate surface area is 136 Å². The topological polar surface area (TPSA) is 66.4 Å². The van der Waals surface area contributed by atoms with E-state index in [4.69, 9.17) is 0 Å². The van der Waals surface area contributed by atoms with Crippen molar-refractivity contribution in [1.82, 2.24) is 5.32 Å². The third kappa shape index (κ3) is 2.54. The molecule has 5 atom stereocenters. The Balaban J connectivity index is 1.41. The van der Waals surface area contributed by atoms with Gasteiger partial charge < -0.3 is 10.4 Å². The second kappa shape index (κ2) is 5.66. The Hall–Kier alpha value is -1.84. The lowest BCUT2D eigenvalue weighted by atomic mass is 9.79. The van der Waals surface area contributed by atoms with Crippen molar-refractivity contribution in [3.63, 3.8) is 0 Å². The van der Waals surface area contributed by atoms with Crippen molar-refractivity contribution in [3.8, 4) is 0 Å². The van der Waals surface area contributed by atoms with Gasteiger partial charge in [0.25, 0.3) is 0 Å². The van der Waals surface area contributed by atoms with Crippen LogP contribution in [-0.2, 0) is 11.2 Å². The number of rotatable bonds is 4. The molecule has 0 saturated heterocycles. The van der Waals surface area contributed by atoms with Crippen LogP contribution < -0.4 is 5.32 Å². The number of benzene rings is 1. The normalized spacial score (nSPS) is 34.3. The van der Waals surface area contributed by atoms with Crippen molar-refractivity contribution in [2.24, 2.45) is 23.7 Å². The molecule has 3 fully saturated rings. The van der Waals surface area contributed by atoms with Crippen LogP contribution in [-0.4, -0.2) is 23.0 Å². The maximum absolute atomic E-state index is 12.4. The summed E-state index contributed by atoms with van der Waals surface area (Å²) in [7, 11) is 0. The highest BCUT2D eigenvalue weighted by atomic mass is 16.4. The van der Waals surface area contributed by atoms with Gasteiger partial charge in [0, 0.05) is 6.04 Å². The van der Waals surface area contributed by atoms with E-state index in [2.05, 4.69) is 5.32 Å². The first-order chi connectivity index (χ1) is 11.1. The zero-order valence-electron chi connectivity index (χ0n) is 13.2. The van der Waals surface area contributed by atoms with Crippen LogP contribution in [0.25, 0.3) is 0 Å². The summed E-state index contributed by atoms with van der Waals surface area (Å²) >= 11 is 0. The fourth-order valence-corrected chi connectivity index (χ4v) is 5.55. The van der Waals surface area contributed by atoms with Gasteiger partial charge in [-0.05, 0) is 61.0 Å². The van der Waals surface area contributed by atoms with Crippen LogP contribution in [0.5, 0.6) is 0 Å². The van der Waals surface area contributed by atoms with E-state index in [9.17, 15) is 14.7 Å². The third-order valence-electron chi connectivity index (χ3n) is 6.37. The van der Waals surface area contributed by atoms with Gasteiger partial charge in [-0.25, -0.2) is 4.79 Å². The van der Waals surface area contributed by atoms with Crippen LogP contribution in [0.1, 0.15) is 48.0 Å². The molecule has 1 aromatic rings. The van der Waals surface area contributed by atoms with Gasteiger partial charge in [0.15, 0.2) is 0 Å². The molecule has 3 aliphatic rings. The Morgan fingerprint density at radius 2 is 1.87 bits per heavy atom.